The summed E-state index contributed by atoms with van der Waals surface area (Å²) in [7, 11) is 2.13. The molecule has 5 nitrogen and oxygen atoms in total. The van der Waals surface area contributed by atoms with Gasteiger partial charge in [0.15, 0.2) is 0 Å². The molecule has 4 N–H and O–H groups in total. The van der Waals surface area contributed by atoms with Crippen LogP contribution in [0.25, 0.3) is 0 Å². The molecule has 0 aromatic heterocycles. The molecule has 2 aromatic rings. The smallest absolute Gasteiger partial charge is 0.250 e. The lowest BCUT2D eigenvalue weighted by atomic mass is 9.96. The summed E-state index contributed by atoms with van der Waals surface area (Å²) in [6, 6.07) is 15.6. The molecule has 25 heavy (non-hydrogen) atoms. The second-order valence-corrected chi connectivity index (χ2v) is 6.51. The topological polar surface area (TPSA) is 84.7 Å². The highest BCUT2D eigenvalue weighted by Crippen LogP contribution is 2.23. The van der Waals surface area contributed by atoms with Gasteiger partial charge in [0.25, 0.3) is 5.91 Å². The fraction of sp³-hybridized carbons (Fsp3) is 0.300. The number of amides is 1. The molecule has 1 saturated heterocycles. The van der Waals surface area contributed by atoms with Crippen molar-refractivity contribution in [3.63, 3.8) is 0 Å². The van der Waals surface area contributed by atoms with Gasteiger partial charge in [0.1, 0.15) is 0 Å². The zero-order valence-electron chi connectivity index (χ0n) is 14.5. The number of primary amides is 1. The van der Waals surface area contributed by atoms with Crippen molar-refractivity contribution in [2.75, 3.05) is 25.9 Å². The second kappa shape index (κ2) is 7.49. The number of nitrogens with two attached hydrogens (primary N) is 2. The van der Waals surface area contributed by atoms with E-state index in [-0.39, 0.29) is 6.04 Å². The van der Waals surface area contributed by atoms with Gasteiger partial charge < -0.3 is 16.4 Å². The average molecular weight is 336 g/mol. The Labute approximate surface area is 148 Å². The van der Waals surface area contributed by atoms with Crippen LogP contribution in [0.3, 0.4) is 0 Å². The Morgan fingerprint density at radius 1 is 1.04 bits per heavy atom. The summed E-state index contributed by atoms with van der Waals surface area (Å²) in [5.74, 6) is -0.522. The summed E-state index contributed by atoms with van der Waals surface area (Å²) < 4.78 is 0. The number of benzene rings is 2. The number of aliphatic imine (C=N–C) groups is 1. The summed E-state index contributed by atoms with van der Waals surface area (Å²) in [5, 5.41) is 0. The molecule has 1 aliphatic rings. The molecular formula is C20H24N4O. The number of hydrogen-bond donors (Lipinski definition) is 2. The highest BCUT2D eigenvalue weighted by Gasteiger charge is 2.20. The zero-order valence-corrected chi connectivity index (χ0v) is 14.5. The number of carbonyl (C=O) groups excluding carboxylic acids is 1. The molecule has 1 aliphatic heterocycles. The van der Waals surface area contributed by atoms with Crippen LogP contribution < -0.4 is 11.5 Å². The number of piperidine rings is 1. The molecule has 3 rings (SSSR count). The van der Waals surface area contributed by atoms with Gasteiger partial charge in [-0.1, -0.05) is 42.5 Å². The third kappa shape index (κ3) is 3.88. The van der Waals surface area contributed by atoms with Gasteiger partial charge in [-0.2, -0.15) is 0 Å². The molecule has 0 atom stereocenters. The van der Waals surface area contributed by atoms with E-state index in [0.717, 1.165) is 42.8 Å². The molecular weight excluding hydrogens is 312 g/mol. The van der Waals surface area contributed by atoms with Gasteiger partial charge in [0, 0.05) is 11.1 Å². The summed E-state index contributed by atoms with van der Waals surface area (Å²) in [4.78, 5) is 19.0. The molecule has 0 radical (unpaired) electrons. The maximum Gasteiger partial charge on any atom is 0.250 e. The van der Waals surface area contributed by atoms with Crippen LogP contribution in [0.1, 0.15) is 34.3 Å². The predicted octanol–water partition coefficient (Wildman–Crippen LogP) is 2.30. The molecule has 0 spiro atoms. The predicted molar refractivity (Wildman–Crippen MR) is 102 cm³/mol. The fourth-order valence-electron chi connectivity index (χ4n) is 3.19. The lowest BCUT2D eigenvalue weighted by Gasteiger charge is -2.27. The number of nitrogens with zero attached hydrogens (tertiary/aromatic N) is 2. The number of hydrogen-bond acceptors (Lipinski definition) is 4. The first-order chi connectivity index (χ1) is 12.1. The van der Waals surface area contributed by atoms with E-state index in [2.05, 4.69) is 11.9 Å². The van der Waals surface area contributed by atoms with Crippen LogP contribution in [0.4, 0.5) is 5.69 Å². The first kappa shape index (κ1) is 17.2. The Morgan fingerprint density at radius 2 is 1.68 bits per heavy atom. The molecule has 0 bridgehead atoms. The van der Waals surface area contributed by atoms with Crippen LogP contribution in [0.2, 0.25) is 0 Å². The number of para-hydroxylation sites is 1. The van der Waals surface area contributed by atoms with Crippen molar-refractivity contribution >= 4 is 17.3 Å². The minimum absolute atomic E-state index is 0.253. The maximum atomic E-state index is 11.7. The van der Waals surface area contributed by atoms with Crippen LogP contribution in [0.5, 0.6) is 0 Å². The van der Waals surface area contributed by atoms with Crippen molar-refractivity contribution in [3.8, 4) is 0 Å². The minimum atomic E-state index is -0.522. The number of rotatable bonds is 4. The highest BCUT2D eigenvalue weighted by atomic mass is 16.1. The van der Waals surface area contributed by atoms with Gasteiger partial charge >= 0.3 is 0 Å². The highest BCUT2D eigenvalue weighted by molar-refractivity contribution is 6.17. The van der Waals surface area contributed by atoms with Gasteiger partial charge in [-0.3, -0.25) is 9.79 Å². The van der Waals surface area contributed by atoms with Crippen molar-refractivity contribution in [2.45, 2.75) is 18.9 Å². The van der Waals surface area contributed by atoms with E-state index >= 15 is 0 Å². The van der Waals surface area contributed by atoms with Crippen LogP contribution in [0, 0.1) is 0 Å². The van der Waals surface area contributed by atoms with Crippen molar-refractivity contribution in [2.24, 2.45) is 10.7 Å². The second-order valence-electron chi connectivity index (χ2n) is 6.51. The molecule has 1 heterocycles. The molecule has 1 amide bonds. The van der Waals surface area contributed by atoms with Gasteiger partial charge in [-0.15, -0.1) is 0 Å². The molecule has 2 aromatic carbocycles. The lowest BCUT2D eigenvalue weighted by molar-refractivity contribution is 0.100. The number of anilines is 1. The van der Waals surface area contributed by atoms with E-state index in [1.165, 1.54) is 0 Å². The van der Waals surface area contributed by atoms with Crippen molar-refractivity contribution in [3.05, 3.63) is 65.2 Å². The molecule has 5 heteroatoms. The number of carbonyl (C=O) groups is 1. The Bertz CT molecular complexity index is 778. The summed E-state index contributed by atoms with van der Waals surface area (Å²) in [6.45, 7) is 2.07. The Hall–Kier alpha value is -2.66. The SMILES string of the molecule is CN1CCC(N=C(c2ccccc2)c2cccc(C(N)=O)c2N)CC1. The maximum absolute atomic E-state index is 11.7. The van der Waals surface area contributed by atoms with Gasteiger partial charge in [0.05, 0.1) is 23.0 Å². The molecule has 1 fully saturated rings. The van der Waals surface area contributed by atoms with Gasteiger partial charge in [0.2, 0.25) is 0 Å². The summed E-state index contributed by atoms with van der Waals surface area (Å²) in [6.07, 6.45) is 2.03. The Balaban J connectivity index is 2.07. The third-order valence-electron chi connectivity index (χ3n) is 4.67. The van der Waals surface area contributed by atoms with Crippen molar-refractivity contribution in [1.82, 2.24) is 4.90 Å². The van der Waals surface area contributed by atoms with Gasteiger partial charge in [-0.05, 0) is 39.0 Å². The average Bonchev–Trinajstić information content (AvgIpc) is 2.62. The van der Waals surface area contributed by atoms with E-state index in [0.29, 0.717) is 11.3 Å². The molecule has 0 saturated carbocycles. The molecule has 0 aliphatic carbocycles. The quantitative estimate of drug-likeness (QED) is 0.663. The number of nitrogen functional groups attached to an aromatic ring is 1. The van der Waals surface area contributed by atoms with Crippen molar-refractivity contribution in [1.29, 1.82) is 0 Å². The minimum Gasteiger partial charge on any atom is -0.398 e. The normalized spacial score (nSPS) is 16.8. The standard InChI is InChI=1S/C20H24N4O/c1-24-12-10-15(11-13-24)23-19(14-6-3-2-4-7-14)16-8-5-9-17(18(16)21)20(22)25/h2-9,15H,10-13,21H2,1H3,(H2,22,25). The summed E-state index contributed by atoms with van der Waals surface area (Å²) in [5.41, 5.74) is 15.0. The first-order valence-electron chi connectivity index (χ1n) is 8.56. The first-order valence-corrected chi connectivity index (χ1v) is 8.56. The van der Waals surface area contributed by atoms with Gasteiger partial charge in [-0.25, -0.2) is 0 Å². The van der Waals surface area contributed by atoms with Crippen LogP contribution >= 0.6 is 0 Å². The van der Waals surface area contributed by atoms with Crippen molar-refractivity contribution < 1.29 is 4.79 Å². The van der Waals surface area contributed by atoms with Crippen LogP contribution in [0.15, 0.2) is 53.5 Å². The monoisotopic (exact) mass is 336 g/mol. The number of likely N-dealkylation sites (tertiary alicyclic amines) is 1. The Morgan fingerprint density at radius 3 is 2.32 bits per heavy atom. The van der Waals surface area contributed by atoms with Crippen LogP contribution in [-0.2, 0) is 0 Å². The van der Waals surface area contributed by atoms with E-state index < -0.39 is 5.91 Å². The van der Waals surface area contributed by atoms with E-state index in [1.807, 2.05) is 36.4 Å². The molecule has 0 unspecified atom stereocenters. The van der Waals surface area contributed by atoms with E-state index in [4.69, 9.17) is 16.5 Å². The van der Waals surface area contributed by atoms with Crippen LogP contribution in [-0.4, -0.2) is 42.7 Å². The summed E-state index contributed by atoms with van der Waals surface area (Å²) >= 11 is 0. The largest absolute Gasteiger partial charge is 0.398 e. The zero-order chi connectivity index (χ0) is 17.8. The molecule has 130 valence electrons. The third-order valence-corrected chi connectivity index (χ3v) is 4.67. The fourth-order valence-corrected chi connectivity index (χ4v) is 3.19. The van der Waals surface area contributed by atoms with E-state index in [9.17, 15) is 4.79 Å². The Kier molecular flexibility index (Phi) is 5.14. The van der Waals surface area contributed by atoms with E-state index in [1.54, 1.807) is 12.1 Å². The lowest BCUT2D eigenvalue weighted by Crippen LogP contribution is -2.32.